The van der Waals surface area contributed by atoms with Crippen LogP contribution in [-0.2, 0) is 4.74 Å². The summed E-state index contributed by atoms with van der Waals surface area (Å²) in [6, 6.07) is 8.89. The zero-order valence-electron chi connectivity index (χ0n) is 13.6. The number of rotatable bonds is 8. The lowest BCUT2D eigenvalue weighted by Crippen LogP contribution is -2.23. The maximum Gasteiger partial charge on any atom is 0.0587 e. The van der Waals surface area contributed by atoms with Gasteiger partial charge in [-0.05, 0) is 23.0 Å². The number of hydrogen-bond donors (Lipinski definition) is 1. The highest BCUT2D eigenvalue weighted by atomic mass is 16.5. The normalized spacial score (nSPS) is 12.4. The quantitative estimate of drug-likeness (QED) is 0.722. The van der Waals surface area contributed by atoms with E-state index in [-0.39, 0.29) is 0 Å². The molecule has 0 spiro atoms. The van der Waals surface area contributed by atoms with Gasteiger partial charge >= 0.3 is 0 Å². The van der Waals surface area contributed by atoms with Crippen molar-refractivity contribution in [3.63, 3.8) is 0 Å². The third-order valence-electron chi connectivity index (χ3n) is 3.51. The standard InChI is InChI=1S/C18H29NO/c1-14(2)17-8-6-16(7-9-17)12-18(15(3)4)13-19-10-11-20-5/h6-9,12,14-15,19H,10-11,13H2,1-5H3. The molecule has 0 saturated heterocycles. The molecule has 1 N–H and O–H groups in total. The van der Waals surface area contributed by atoms with Crippen LogP contribution in [0.4, 0.5) is 0 Å². The van der Waals surface area contributed by atoms with Gasteiger partial charge in [0, 0.05) is 20.2 Å². The summed E-state index contributed by atoms with van der Waals surface area (Å²) in [6.45, 7) is 11.5. The number of hydrogen-bond acceptors (Lipinski definition) is 2. The van der Waals surface area contributed by atoms with Gasteiger partial charge in [-0.1, -0.05) is 63.6 Å². The van der Waals surface area contributed by atoms with Crippen LogP contribution >= 0.6 is 0 Å². The topological polar surface area (TPSA) is 21.3 Å². The van der Waals surface area contributed by atoms with Crippen LogP contribution in [-0.4, -0.2) is 26.8 Å². The van der Waals surface area contributed by atoms with Crippen molar-refractivity contribution in [1.82, 2.24) is 5.32 Å². The van der Waals surface area contributed by atoms with E-state index in [9.17, 15) is 0 Å². The van der Waals surface area contributed by atoms with Crippen molar-refractivity contribution < 1.29 is 4.74 Å². The molecular weight excluding hydrogens is 246 g/mol. The fourth-order valence-electron chi connectivity index (χ4n) is 2.02. The highest BCUT2D eigenvalue weighted by Crippen LogP contribution is 2.18. The summed E-state index contributed by atoms with van der Waals surface area (Å²) in [5.74, 6) is 1.14. The van der Waals surface area contributed by atoms with E-state index < -0.39 is 0 Å². The van der Waals surface area contributed by atoms with E-state index in [4.69, 9.17) is 4.74 Å². The predicted molar refractivity (Wildman–Crippen MR) is 88.1 cm³/mol. The van der Waals surface area contributed by atoms with Gasteiger partial charge in [-0.3, -0.25) is 0 Å². The minimum Gasteiger partial charge on any atom is -0.383 e. The Kier molecular flexibility index (Phi) is 7.56. The average molecular weight is 275 g/mol. The van der Waals surface area contributed by atoms with Gasteiger partial charge in [0.1, 0.15) is 0 Å². The largest absolute Gasteiger partial charge is 0.383 e. The van der Waals surface area contributed by atoms with E-state index in [0.29, 0.717) is 11.8 Å². The second-order valence-electron chi connectivity index (χ2n) is 5.86. The molecule has 0 heterocycles. The molecule has 2 nitrogen and oxygen atoms in total. The molecule has 1 aromatic carbocycles. The Morgan fingerprint density at radius 3 is 2.30 bits per heavy atom. The minimum absolute atomic E-state index is 0.551. The van der Waals surface area contributed by atoms with Crippen molar-refractivity contribution in [2.45, 2.75) is 33.6 Å². The van der Waals surface area contributed by atoms with Crippen LogP contribution in [0.25, 0.3) is 6.08 Å². The number of benzene rings is 1. The molecule has 0 amide bonds. The summed E-state index contributed by atoms with van der Waals surface area (Å²) in [4.78, 5) is 0. The maximum atomic E-state index is 5.06. The summed E-state index contributed by atoms with van der Waals surface area (Å²) in [7, 11) is 1.73. The summed E-state index contributed by atoms with van der Waals surface area (Å²) in [5.41, 5.74) is 4.11. The van der Waals surface area contributed by atoms with Crippen LogP contribution < -0.4 is 5.32 Å². The second kappa shape index (κ2) is 8.93. The molecule has 0 bridgehead atoms. The van der Waals surface area contributed by atoms with Gasteiger partial charge in [-0.2, -0.15) is 0 Å². The van der Waals surface area contributed by atoms with Gasteiger partial charge in [0.2, 0.25) is 0 Å². The Balaban J connectivity index is 2.69. The fraction of sp³-hybridized carbons (Fsp3) is 0.556. The van der Waals surface area contributed by atoms with Crippen molar-refractivity contribution in [2.24, 2.45) is 5.92 Å². The molecule has 0 atom stereocenters. The molecule has 112 valence electrons. The molecule has 0 fully saturated rings. The third kappa shape index (κ3) is 5.89. The number of nitrogens with one attached hydrogen (secondary N) is 1. The van der Waals surface area contributed by atoms with Crippen LogP contribution in [0.15, 0.2) is 29.8 Å². The summed E-state index contributed by atoms with van der Waals surface area (Å²) in [5, 5.41) is 3.42. The van der Waals surface area contributed by atoms with Crippen molar-refractivity contribution in [1.29, 1.82) is 0 Å². The minimum atomic E-state index is 0.551. The number of methoxy groups -OCH3 is 1. The van der Waals surface area contributed by atoms with E-state index in [1.54, 1.807) is 7.11 Å². The lowest BCUT2D eigenvalue weighted by molar-refractivity contribution is 0.200. The Labute approximate surface area is 124 Å². The van der Waals surface area contributed by atoms with Gasteiger partial charge in [-0.15, -0.1) is 0 Å². The van der Waals surface area contributed by atoms with E-state index in [0.717, 1.165) is 19.7 Å². The van der Waals surface area contributed by atoms with E-state index in [2.05, 4.69) is 63.4 Å². The van der Waals surface area contributed by atoms with Gasteiger partial charge in [0.25, 0.3) is 0 Å². The number of ether oxygens (including phenoxy) is 1. The van der Waals surface area contributed by atoms with E-state index >= 15 is 0 Å². The molecule has 1 rings (SSSR count). The molecule has 0 radical (unpaired) electrons. The third-order valence-corrected chi connectivity index (χ3v) is 3.51. The van der Waals surface area contributed by atoms with Gasteiger partial charge in [0.05, 0.1) is 6.61 Å². The smallest absolute Gasteiger partial charge is 0.0587 e. The first-order valence-corrected chi connectivity index (χ1v) is 7.54. The van der Waals surface area contributed by atoms with Crippen LogP contribution in [0.2, 0.25) is 0 Å². The second-order valence-corrected chi connectivity index (χ2v) is 5.86. The fourth-order valence-corrected chi connectivity index (χ4v) is 2.02. The molecule has 0 aromatic heterocycles. The van der Waals surface area contributed by atoms with E-state index in [1.165, 1.54) is 16.7 Å². The average Bonchev–Trinajstić information content (AvgIpc) is 2.42. The molecule has 0 aliphatic rings. The Morgan fingerprint density at radius 2 is 1.80 bits per heavy atom. The SMILES string of the molecule is COCCNCC(=Cc1ccc(C(C)C)cc1)C(C)C. The van der Waals surface area contributed by atoms with Crippen LogP contribution in [0.3, 0.4) is 0 Å². The van der Waals surface area contributed by atoms with Gasteiger partial charge in [-0.25, -0.2) is 0 Å². The summed E-state index contributed by atoms with van der Waals surface area (Å²) < 4.78 is 5.06. The van der Waals surface area contributed by atoms with Crippen LogP contribution in [0.1, 0.15) is 44.7 Å². The van der Waals surface area contributed by atoms with Crippen LogP contribution in [0, 0.1) is 5.92 Å². The highest BCUT2D eigenvalue weighted by Gasteiger charge is 2.04. The molecule has 0 aliphatic carbocycles. The molecule has 0 aliphatic heterocycles. The summed E-state index contributed by atoms with van der Waals surface area (Å²) in [6.07, 6.45) is 2.30. The summed E-state index contributed by atoms with van der Waals surface area (Å²) >= 11 is 0. The zero-order chi connectivity index (χ0) is 15.0. The molecular formula is C18H29NO. The molecule has 20 heavy (non-hydrogen) atoms. The van der Waals surface area contributed by atoms with Crippen molar-refractivity contribution in [2.75, 3.05) is 26.8 Å². The van der Waals surface area contributed by atoms with Crippen molar-refractivity contribution in [3.8, 4) is 0 Å². The van der Waals surface area contributed by atoms with Crippen molar-refractivity contribution in [3.05, 3.63) is 41.0 Å². The van der Waals surface area contributed by atoms with E-state index in [1.807, 2.05) is 0 Å². The van der Waals surface area contributed by atoms with Crippen LogP contribution in [0.5, 0.6) is 0 Å². The maximum absolute atomic E-state index is 5.06. The Hall–Kier alpha value is -1.12. The molecule has 2 heteroatoms. The first-order chi connectivity index (χ1) is 9.54. The first-order valence-electron chi connectivity index (χ1n) is 7.54. The lowest BCUT2D eigenvalue weighted by atomic mass is 9.98. The monoisotopic (exact) mass is 275 g/mol. The molecule has 0 saturated carbocycles. The lowest BCUT2D eigenvalue weighted by Gasteiger charge is -2.13. The molecule has 1 aromatic rings. The Bertz CT molecular complexity index is 404. The highest BCUT2D eigenvalue weighted by molar-refractivity contribution is 5.54. The first kappa shape index (κ1) is 16.9. The van der Waals surface area contributed by atoms with Gasteiger partial charge < -0.3 is 10.1 Å². The molecule has 0 unspecified atom stereocenters. The zero-order valence-corrected chi connectivity index (χ0v) is 13.6. The van der Waals surface area contributed by atoms with Crippen molar-refractivity contribution >= 4 is 6.08 Å². The van der Waals surface area contributed by atoms with Gasteiger partial charge in [0.15, 0.2) is 0 Å². The Morgan fingerprint density at radius 1 is 1.15 bits per heavy atom. The predicted octanol–water partition coefficient (Wildman–Crippen LogP) is 4.09.